The molecular weight excluding hydrogens is 591 g/mol. The molecule has 1 saturated heterocycles. The molecule has 0 atom stereocenters. The second-order valence-electron chi connectivity index (χ2n) is 10.0. The maximum atomic E-state index is 14.1. The van der Waals surface area contributed by atoms with Gasteiger partial charge in [0.05, 0.1) is 11.3 Å². The van der Waals surface area contributed by atoms with E-state index in [0.29, 0.717) is 44.3 Å². The lowest BCUT2D eigenvalue weighted by molar-refractivity contribution is -0.136. The standard InChI is InChI=1S/C30H25F5N4OS2/c31-29(32)9-11-39(12-10-29)28(41)19-3-7-25(37-17-19)20-13-21-14-23(42-27(21)24(15-20)30(33,34)35)6-5-22(40)4-1-18-2-8-26(36)38-16-18/h1-4,7-8,13-17H,5-6,9-12H2,(H2,36,38)/b4-1+. The number of thiocarbonyl (C=S) groups is 1. The van der Waals surface area contributed by atoms with Crippen LogP contribution in [0.4, 0.5) is 27.8 Å². The third-order valence-corrected chi connectivity index (χ3v) is 8.69. The maximum absolute atomic E-state index is 14.1. The molecule has 4 aromatic rings. The topological polar surface area (TPSA) is 72.1 Å². The van der Waals surface area contributed by atoms with Gasteiger partial charge >= 0.3 is 6.18 Å². The molecule has 12 heteroatoms. The summed E-state index contributed by atoms with van der Waals surface area (Å²) in [6.45, 7) is 0.253. The maximum Gasteiger partial charge on any atom is 0.417 e. The van der Waals surface area contributed by atoms with Crippen molar-refractivity contribution >= 4 is 56.3 Å². The summed E-state index contributed by atoms with van der Waals surface area (Å²) < 4.78 is 69.4. The Hall–Kier alpha value is -3.77. The Kier molecular flexibility index (Phi) is 8.38. The Morgan fingerprint density at radius 1 is 1.07 bits per heavy atom. The Balaban J connectivity index is 1.33. The number of halogens is 5. The van der Waals surface area contributed by atoms with Gasteiger partial charge in [0.2, 0.25) is 0 Å². The lowest BCUT2D eigenvalue weighted by Gasteiger charge is -2.33. The number of ketones is 1. The first-order valence-corrected chi connectivity index (χ1v) is 14.3. The molecule has 4 heterocycles. The number of nitrogens with zero attached hydrogens (tertiary/aromatic N) is 3. The number of aryl methyl sites for hydroxylation is 1. The van der Waals surface area contributed by atoms with Gasteiger partial charge in [0.1, 0.15) is 10.8 Å². The lowest BCUT2D eigenvalue weighted by atomic mass is 10.0. The number of rotatable bonds is 7. The normalized spacial score (nSPS) is 15.4. The minimum atomic E-state index is -4.60. The van der Waals surface area contributed by atoms with Crippen LogP contribution in [0.5, 0.6) is 0 Å². The molecule has 1 aliphatic rings. The van der Waals surface area contributed by atoms with E-state index in [2.05, 4.69) is 9.97 Å². The van der Waals surface area contributed by atoms with E-state index in [4.69, 9.17) is 18.0 Å². The van der Waals surface area contributed by atoms with Crippen LogP contribution in [0.3, 0.4) is 0 Å². The van der Waals surface area contributed by atoms with E-state index in [0.717, 1.165) is 17.4 Å². The molecule has 0 radical (unpaired) electrons. The van der Waals surface area contributed by atoms with Crippen LogP contribution in [0, 0.1) is 0 Å². The summed E-state index contributed by atoms with van der Waals surface area (Å²) >= 11 is 6.48. The number of pyridine rings is 2. The molecule has 0 saturated carbocycles. The molecular formula is C30H25F5N4OS2. The van der Waals surface area contributed by atoms with Crippen LogP contribution in [-0.4, -0.2) is 44.7 Å². The molecule has 0 unspecified atom stereocenters. The number of hydrogen-bond donors (Lipinski definition) is 1. The van der Waals surface area contributed by atoms with Gasteiger partial charge in [0.25, 0.3) is 5.92 Å². The first-order valence-electron chi connectivity index (χ1n) is 13.1. The Morgan fingerprint density at radius 3 is 2.48 bits per heavy atom. The monoisotopic (exact) mass is 616 g/mol. The van der Waals surface area contributed by atoms with Gasteiger partial charge in [-0.15, -0.1) is 11.3 Å². The van der Waals surface area contributed by atoms with Gasteiger partial charge in [0, 0.05) is 65.4 Å². The predicted molar refractivity (Wildman–Crippen MR) is 159 cm³/mol. The number of nitrogens with two attached hydrogens (primary N) is 1. The molecule has 1 aliphatic heterocycles. The quantitative estimate of drug-likeness (QED) is 0.131. The molecule has 42 heavy (non-hydrogen) atoms. The number of carbonyl (C=O) groups excluding carboxylic acids is 1. The lowest BCUT2D eigenvalue weighted by Crippen LogP contribution is -2.42. The second-order valence-corrected chi connectivity index (χ2v) is 11.6. The first-order chi connectivity index (χ1) is 19.9. The zero-order valence-corrected chi connectivity index (χ0v) is 23.8. The van der Waals surface area contributed by atoms with Crippen molar-refractivity contribution in [2.75, 3.05) is 18.8 Å². The summed E-state index contributed by atoms with van der Waals surface area (Å²) in [5.41, 5.74) is 6.64. The molecule has 5 nitrogen and oxygen atoms in total. The van der Waals surface area contributed by atoms with Crippen LogP contribution in [0.15, 0.2) is 60.9 Å². The number of allylic oxidation sites excluding steroid dienone is 1. The van der Waals surface area contributed by atoms with Gasteiger partial charge in [-0.05, 0) is 72.0 Å². The molecule has 2 N–H and O–H groups in total. The summed E-state index contributed by atoms with van der Waals surface area (Å²) in [5.74, 6) is -2.50. The first kappa shape index (κ1) is 29.7. The zero-order valence-electron chi connectivity index (χ0n) is 22.1. The number of alkyl halides is 5. The highest BCUT2D eigenvalue weighted by Crippen LogP contribution is 2.41. The fourth-order valence-electron chi connectivity index (χ4n) is 4.63. The van der Waals surface area contributed by atoms with E-state index in [1.165, 1.54) is 18.5 Å². The predicted octanol–water partition coefficient (Wildman–Crippen LogP) is 7.58. The van der Waals surface area contributed by atoms with Gasteiger partial charge in [-0.1, -0.05) is 12.2 Å². The number of hydrogen-bond acceptors (Lipinski definition) is 6. The molecule has 0 aliphatic carbocycles. The Labute approximate surface area is 247 Å². The van der Waals surface area contributed by atoms with Crippen molar-refractivity contribution in [2.24, 2.45) is 0 Å². The summed E-state index contributed by atoms with van der Waals surface area (Å²) in [7, 11) is 0. The van der Waals surface area contributed by atoms with Gasteiger partial charge in [0.15, 0.2) is 5.78 Å². The molecule has 0 bridgehead atoms. The number of piperidine rings is 1. The van der Waals surface area contributed by atoms with Crippen molar-refractivity contribution in [3.05, 3.63) is 82.5 Å². The largest absolute Gasteiger partial charge is 0.417 e. The van der Waals surface area contributed by atoms with E-state index in [1.807, 2.05) is 0 Å². The van der Waals surface area contributed by atoms with E-state index < -0.39 is 17.7 Å². The minimum absolute atomic E-state index is 0.0943. The highest BCUT2D eigenvalue weighted by Gasteiger charge is 2.35. The minimum Gasteiger partial charge on any atom is -0.384 e. The van der Waals surface area contributed by atoms with Crippen LogP contribution in [0.25, 0.3) is 27.4 Å². The summed E-state index contributed by atoms with van der Waals surface area (Å²) in [6.07, 6.45) is 1.29. The van der Waals surface area contributed by atoms with Crippen molar-refractivity contribution in [3.63, 3.8) is 0 Å². The highest BCUT2D eigenvalue weighted by atomic mass is 32.1. The van der Waals surface area contributed by atoms with Crippen LogP contribution in [-0.2, 0) is 17.4 Å². The van der Waals surface area contributed by atoms with Crippen molar-refractivity contribution < 1.29 is 26.7 Å². The number of likely N-dealkylation sites (tertiary alicyclic amines) is 1. The fraction of sp³-hybridized carbons (Fsp3) is 0.267. The molecule has 1 aromatic carbocycles. The fourth-order valence-corrected chi connectivity index (χ4v) is 6.11. The Morgan fingerprint density at radius 2 is 1.83 bits per heavy atom. The highest BCUT2D eigenvalue weighted by molar-refractivity contribution is 7.80. The average Bonchev–Trinajstić information content (AvgIpc) is 3.37. The number of thiophene rings is 1. The molecule has 1 fully saturated rings. The van der Waals surface area contributed by atoms with Crippen LogP contribution >= 0.6 is 23.6 Å². The van der Waals surface area contributed by atoms with Gasteiger partial charge in [-0.2, -0.15) is 13.2 Å². The van der Waals surface area contributed by atoms with E-state index in [1.54, 1.807) is 47.4 Å². The number of aromatic nitrogens is 2. The third-order valence-electron chi connectivity index (χ3n) is 6.95. The van der Waals surface area contributed by atoms with E-state index in [9.17, 15) is 26.7 Å². The van der Waals surface area contributed by atoms with E-state index >= 15 is 0 Å². The molecule has 5 rings (SSSR count). The average molecular weight is 617 g/mol. The van der Waals surface area contributed by atoms with Gasteiger partial charge in [-0.25, -0.2) is 13.8 Å². The summed E-state index contributed by atoms with van der Waals surface area (Å²) in [5, 5.41) is 0.409. The SMILES string of the molecule is Nc1ccc(/C=C/C(=O)CCc2cc3cc(-c4ccc(C(=S)N5CCC(F)(F)CC5)cn4)cc(C(F)(F)F)c3s2)cn1. The third kappa shape index (κ3) is 6.99. The zero-order chi connectivity index (χ0) is 30.1. The number of benzene rings is 1. The summed E-state index contributed by atoms with van der Waals surface area (Å²) in [4.78, 5) is 23.4. The number of nitrogen functional groups attached to an aromatic ring is 1. The van der Waals surface area contributed by atoms with Crippen molar-refractivity contribution in [1.82, 2.24) is 14.9 Å². The van der Waals surface area contributed by atoms with Crippen LogP contribution in [0.1, 0.15) is 40.8 Å². The number of fused-ring (bicyclic) bond motifs is 1. The molecule has 0 spiro atoms. The van der Waals surface area contributed by atoms with Crippen molar-refractivity contribution in [1.29, 1.82) is 0 Å². The van der Waals surface area contributed by atoms with Crippen LogP contribution < -0.4 is 5.73 Å². The van der Waals surface area contributed by atoms with Crippen LogP contribution in [0.2, 0.25) is 0 Å². The Bertz CT molecular complexity index is 1640. The molecule has 3 aromatic heterocycles. The smallest absolute Gasteiger partial charge is 0.384 e. The molecule has 218 valence electrons. The van der Waals surface area contributed by atoms with Crippen molar-refractivity contribution in [3.8, 4) is 11.3 Å². The van der Waals surface area contributed by atoms with Gasteiger partial charge in [-0.3, -0.25) is 9.78 Å². The number of carbonyl (C=O) groups is 1. The van der Waals surface area contributed by atoms with E-state index in [-0.39, 0.29) is 48.4 Å². The van der Waals surface area contributed by atoms with Gasteiger partial charge < -0.3 is 10.6 Å². The number of anilines is 1. The molecule has 0 amide bonds. The second kappa shape index (κ2) is 11.8. The summed E-state index contributed by atoms with van der Waals surface area (Å²) in [6, 6.07) is 11.0. The van der Waals surface area contributed by atoms with Crippen molar-refractivity contribution in [2.45, 2.75) is 37.8 Å².